The van der Waals surface area contributed by atoms with Crippen LogP contribution in [0.1, 0.15) is 37.1 Å². The highest BCUT2D eigenvalue weighted by molar-refractivity contribution is 7.92. The van der Waals surface area contributed by atoms with E-state index in [1.165, 1.54) is 13.4 Å². The van der Waals surface area contributed by atoms with Crippen LogP contribution >= 0.6 is 23.2 Å². The van der Waals surface area contributed by atoms with E-state index in [0.29, 0.717) is 112 Å². The smallest absolute Gasteiger partial charge is 0.237 e. The Morgan fingerprint density at radius 3 is 1.82 bits per heavy atom. The number of rotatable bonds is 14. The molecule has 3 heterocycles. The van der Waals surface area contributed by atoms with Crippen molar-refractivity contribution in [1.82, 2.24) is 35.9 Å². The minimum atomic E-state index is -3.15. The third-order valence-corrected chi connectivity index (χ3v) is 11.9. The van der Waals surface area contributed by atoms with E-state index in [2.05, 4.69) is 30.9 Å². The van der Waals surface area contributed by atoms with Crippen LogP contribution in [0.4, 0.5) is 0 Å². The molecule has 1 atom stereocenters. The van der Waals surface area contributed by atoms with Crippen LogP contribution in [0, 0.1) is 0 Å². The summed E-state index contributed by atoms with van der Waals surface area (Å²) < 4.78 is 34.7. The van der Waals surface area contributed by atoms with Gasteiger partial charge in [-0.15, -0.1) is 0 Å². The first-order valence-electron chi connectivity index (χ1n) is 15.8. The SMILES string of the molecule is COc1nc(-c2cccc(-c3cccc(-c4cnc(CNCC5(S(C)(=O)=O)CC5)c(OC)n4)c3Cl)c2Cl)cnc1CNC[C@@H]1CCC(=O)N1. The molecule has 12 nitrogen and oxygen atoms in total. The molecule has 4 aromatic rings. The standard InChI is InChI=1S/C34H37Cl2N7O5S/c1-47-32-27(15-37-14-20-10-11-29(44)41-20)39-17-25(42-32)23-8-4-6-21(30(23)35)22-7-5-9-24(31(22)36)26-18-40-28(33(43-26)48-2)16-38-19-34(12-13-34)49(3,45)46/h4-9,17-18,20,37-38H,10-16,19H2,1-3H3,(H,41,44)/t20-/m0/s1. The van der Waals surface area contributed by atoms with Crippen LogP contribution in [0.15, 0.2) is 48.8 Å². The van der Waals surface area contributed by atoms with Gasteiger partial charge in [0.05, 0.1) is 52.8 Å². The summed E-state index contributed by atoms with van der Waals surface area (Å²) in [5.41, 5.74) is 4.90. The Morgan fingerprint density at radius 2 is 1.37 bits per heavy atom. The lowest BCUT2D eigenvalue weighted by Crippen LogP contribution is -2.35. The molecule has 2 aromatic heterocycles. The summed E-state index contributed by atoms with van der Waals surface area (Å²) in [6, 6.07) is 11.3. The molecule has 2 aromatic carbocycles. The van der Waals surface area contributed by atoms with Crippen molar-refractivity contribution in [1.29, 1.82) is 0 Å². The van der Waals surface area contributed by atoms with E-state index >= 15 is 0 Å². The molecular formula is C34H37Cl2N7O5S. The summed E-state index contributed by atoms with van der Waals surface area (Å²) in [5, 5.41) is 10.3. The molecule has 49 heavy (non-hydrogen) atoms. The number of amides is 1. The van der Waals surface area contributed by atoms with Crippen LogP contribution in [-0.2, 0) is 27.7 Å². The maximum Gasteiger partial charge on any atom is 0.237 e. The number of halogens is 2. The van der Waals surface area contributed by atoms with Crippen LogP contribution in [0.25, 0.3) is 33.6 Å². The van der Waals surface area contributed by atoms with Crippen LogP contribution in [0.2, 0.25) is 10.0 Å². The van der Waals surface area contributed by atoms with E-state index in [-0.39, 0.29) is 11.9 Å². The second-order valence-electron chi connectivity index (χ2n) is 12.2. The van der Waals surface area contributed by atoms with E-state index in [9.17, 15) is 13.2 Å². The van der Waals surface area contributed by atoms with E-state index < -0.39 is 14.6 Å². The average molecular weight is 727 g/mol. The fourth-order valence-electron chi connectivity index (χ4n) is 5.92. The molecule has 1 saturated heterocycles. The predicted molar refractivity (Wildman–Crippen MR) is 188 cm³/mol. The minimum absolute atomic E-state index is 0.0736. The molecule has 3 N–H and O–H groups in total. The van der Waals surface area contributed by atoms with Gasteiger partial charge in [-0.3, -0.25) is 14.8 Å². The first kappa shape index (κ1) is 35.0. The van der Waals surface area contributed by atoms with E-state index in [1.54, 1.807) is 19.5 Å². The molecule has 0 spiro atoms. The second-order valence-corrected chi connectivity index (χ2v) is 15.4. The number of nitrogens with one attached hydrogen (secondary N) is 3. The zero-order valence-corrected chi connectivity index (χ0v) is 29.7. The highest BCUT2D eigenvalue weighted by Gasteiger charge is 2.51. The molecule has 1 aliphatic heterocycles. The predicted octanol–water partition coefficient (Wildman–Crippen LogP) is 4.63. The Morgan fingerprint density at radius 1 is 0.857 bits per heavy atom. The molecular weight excluding hydrogens is 689 g/mol. The van der Waals surface area contributed by atoms with Gasteiger partial charge >= 0.3 is 0 Å². The molecule has 258 valence electrons. The first-order chi connectivity index (χ1) is 23.5. The second kappa shape index (κ2) is 14.5. The Labute approximate surface area is 295 Å². The van der Waals surface area contributed by atoms with Gasteiger partial charge < -0.3 is 25.4 Å². The highest BCUT2D eigenvalue weighted by Crippen LogP contribution is 2.43. The Balaban J connectivity index is 1.21. The largest absolute Gasteiger partial charge is 0.480 e. The van der Waals surface area contributed by atoms with Gasteiger partial charge in [0.1, 0.15) is 11.4 Å². The zero-order chi connectivity index (χ0) is 34.8. The number of aromatic nitrogens is 4. The molecule has 0 unspecified atom stereocenters. The monoisotopic (exact) mass is 725 g/mol. The summed E-state index contributed by atoms with van der Waals surface area (Å²) in [6.07, 6.45) is 7.21. The molecule has 6 rings (SSSR count). The summed E-state index contributed by atoms with van der Waals surface area (Å²) >= 11 is 14.1. The van der Waals surface area contributed by atoms with E-state index in [4.69, 9.17) is 37.7 Å². The quantitative estimate of drug-likeness (QED) is 0.167. The Hall–Kier alpha value is -3.88. The van der Waals surface area contributed by atoms with Gasteiger partial charge in [-0.2, -0.15) is 0 Å². The van der Waals surface area contributed by atoms with Gasteiger partial charge in [0.15, 0.2) is 9.84 Å². The highest BCUT2D eigenvalue weighted by atomic mass is 35.5. The number of methoxy groups -OCH3 is 2. The average Bonchev–Trinajstić information content (AvgIpc) is 3.79. The van der Waals surface area contributed by atoms with Gasteiger partial charge in [-0.1, -0.05) is 59.6 Å². The van der Waals surface area contributed by atoms with Crippen LogP contribution in [0.3, 0.4) is 0 Å². The zero-order valence-electron chi connectivity index (χ0n) is 27.3. The molecule has 2 aliphatic rings. The van der Waals surface area contributed by atoms with Gasteiger partial charge in [0.25, 0.3) is 0 Å². The van der Waals surface area contributed by atoms with Gasteiger partial charge in [-0.25, -0.2) is 18.4 Å². The van der Waals surface area contributed by atoms with E-state index in [0.717, 1.165) is 6.42 Å². The number of hydrogen-bond acceptors (Lipinski definition) is 11. The number of ether oxygens (including phenoxy) is 2. The van der Waals surface area contributed by atoms with Crippen LogP contribution in [-0.4, -0.2) is 78.6 Å². The third kappa shape index (κ3) is 7.51. The van der Waals surface area contributed by atoms with E-state index in [1.807, 2.05) is 36.4 Å². The topological polar surface area (TPSA) is 157 Å². The van der Waals surface area contributed by atoms with Crippen molar-refractivity contribution < 1.29 is 22.7 Å². The molecule has 15 heteroatoms. The van der Waals surface area contributed by atoms with Gasteiger partial charge in [0.2, 0.25) is 17.7 Å². The van der Waals surface area contributed by atoms with Crippen molar-refractivity contribution in [2.24, 2.45) is 0 Å². The summed E-state index contributed by atoms with van der Waals surface area (Å²) in [7, 11) is -0.0937. The lowest BCUT2D eigenvalue weighted by Gasteiger charge is -2.16. The number of sulfone groups is 1. The molecule has 2 fully saturated rings. The lowest BCUT2D eigenvalue weighted by atomic mass is 9.98. The van der Waals surface area contributed by atoms with Crippen molar-refractivity contribution in [2.75, 3.05) is 33.6 Å². The number of carbonyl (C=O) groups is 1. The van der Waals surface area contributed by atoms with Crippen molar-refractivity contribution in [3.63, 3.8) is 0 Å². The fourth-order valence-corrected chi connectivity index (χ4v) is 7.78. The normalized spacial score (nSPS) is 16.8. The Bertz CT molecular complexity index is 1990. The lowest BCUT2D eigenvalue weighted by molar-refractivity contribution is -0.119. The number of benzene rings is 2. The maximum atomic E-state index is 12.1. The van der Waals surface area contributed by atoms with Crippen molar-refractivity contribution in [2.45, 2.75) is 49.6 Å². The van der Waals surface area contributed by atoms with Gasteiger partial charge in [0, 0.05) is 67.2 Å². The summed E-state index contributed by atoms with van der Waals surface area (Å²) in [4.78, 5) is 30.1. The summed E-state index contributed by atoms with van der Waals surface area (Å²) in [5.74, 6) is 0.757. The first-order valence-corrected chi connectivity index (χ1v) is 18.5. The van der Waals surface area contributed by atoms with Crippen LogP contribution < -0.4 is 25.4 Å². The molecule has 0 radical (unpaired) electrons. The number of hydrogen-bond donors (Lipinski definition) is 3. The maximum absolute atomic E-state index is 12.1. The number of carbonyl (C=O) groups excluding carboxylic acids is 1. The van der Waals surface area contributed by atoms with Gasteiger partial charge in [-0.05, 0) is 19.3 Å². The van der Waals surface area contributed by atoms with Crippen LogP contribution in [0.5, 0.6) is 11.8 Å². The molecule has 1 amide bonds. The Kier molecular flexibility index (Phi) is 10.4. The molecule has 1 aliphatic carbocycles. The molecule has 0 bridgehead atoms. The number of nitrogens with zero attached hydrogens (tertiary/aromatic N) is 4. The van der Waals surface area contributed by atoms with Crippen molar-refractivity contribution in [3.8, 4) is 45.4 Å². The van der Waals surface area contributed by atoms with Crippen molar-refractivity contribution >= 4 is 38.9 Å². The molecule has 1 saturated carbocycles. The minimum Gasteiger partial charge on any atom is -0.480 e. The summed E-state index contributed by atoms with van der Waals surface area (Å²) in [6.45, 7) is 1.69. The van der Waals surface area contributed by atoms with Crippen molar-refractivity contribution in [3.05, 3.63) is 70.2 Å². The fraction of sp³-hybridized carbons (Fsp3) is 0.382. The third-order valence-electron chi connectivity index (χ3n) is 8.95.